The number of hydrogen-bond donors (Lipinski definition) is 2. The van der Waals surface area contributed by atoms with Crippen molar-refractivity contribution in [3.63, 3.8) is 0 Å². The molecule has 0 spiro atoms. The summed E-state index contributed by atoms with van der Waals surface area (Å²) in [5, 5.41) is 7.23. The quantitative estimate of drug-likeness (QED) is 0.248. The number of hydrazine groups is 1. The molecule has 1 fully saturated rings. The highest BCUT2D eigenvalue weighted by atomic mass is 16.6. The van der Waals surface area contributed by atoms with Crippen LogP contribution < -0.4 is 11.2 Å². The van der Waals surface area contributed by atoms with Crippen molar-refractivity contribution in [1.29, 1.82) is 0 Å². The highest BCUT2D eigenvalue weighted by molar-refractivity contribution is 5.76. The zero-order valence-electron chi connectivity index (χ0n) is 12.9. The zero-order chi connectivity index (χ0) is 15.8. The van der Waals surface area contributed by atoms with Gasteiger partial charge in [-0.3, -0.25) is 5.01 Å². The molecule has 1 aliphatic carbocycles. The standard InChI is InChI=1S/C15H24N4O2/c1-5-6-7-14(18-15(20)19(4)16)13(10-21-17-3)11(2)12-8-9-12/h5-7,12H,3,8-10,16H2,1-2,4H3,(H,18,20)/b6-5-,13-11+,14-7+. The van der Waals surface area contributed by atoms with Crippen LogP contribution in [0.2, 0.25) is 0 Å². The van der Waals surface area contributed by atoms with Gasteiger partial charge < -0.3 is 10.2 Å². The monoisotopic (exact) mass is 292 g/mol. The summed E-state index contributed by atoms with van der Waals surface area (Å²) in [5.74, 6) is 6.01. The molecule has 0 aromatic rings. The summed E-state index contributed by atoms with van der Waals surface area (Å²) < 4.78 is 0. The summed E-state index contributed by atoms with van der Waals surface area (Å²) in [7, 11) is 1.49. The number of hydrogen-bond acceptors (Lipinski definition) is 4. The molecule has 0 bridgehead atoms. The Morgan fingerprint density at radius 3 is 2.71 bits per heavy atom. The molecule has 0 heterocycles. The van der Waals surface area contributed by atoms with Gasteiger partial charge in [-0.05, 0) is 38.7 Å². The Morgan fingerprint density at radius 2 is 2.24 bits per heavy atom. The van der Waals surface area contributed by atoms with Crippen LogP contribution in [0.5, 0.6) is 0 Å². The zero-order valence-corrected chi connectivity index (χ0v) is 12.9. The molecule has 0 radical (unpaired) electrons. The molecule has 6 heteroatoms. The first-order valence-corrected chi connectivity index (χ1v) is 6.91. The third-order valence-electron chi connectivity index (χ3n) is 3.31. The average molecular weight is 292 g/mol. The maximum atomic E-state index is 11.8. The fourth-order valence-corrected chi connectivity index (χ4v) is 1.89. The van der Waals surface area contributed by atoms with Crippen molar-refractivity contribution in [2.24, 2.45) is 16.9 Å². The number of urea groups is 1. The molecular weight excluding hydrogens is 268 g/mol. The molecule has 0 aromatic carbocycles. The van der Waals surface area contributed by atoms with Gasteiger partial charge in [-0.2, -0.15) is 0 Å². The van der Waals surface area contributed by atoms with Gasteiger partial charge in [-0.15, -0.1) is 5.16 Å². The van der Waals surface area contributed by atoms with E-state index in [9.17, 15) is 4.79 Å². The van der Waals surface area contributed by atoms with Crippen LogP contribution in [0.4, 0.5) is 4.79 Å². The highest BCUT2D eigenvalue weighted by Crippen LogP contribution is 2.38. The molecule has 0 saturated heterocycles. The summed E-state index contributed by atoms with van der Waals surface area (Å²) in [5.41, 5.74) is 2.79. The van der Waals surface area contributed by atoms with Crippen molar-refractivity contribution in [3.05, 3.63) is 35.1 Å². The van der Waals surface area contributed by atoms with Gasteiger partial charge >= 0.3 is 6.03 Å². The summed E-state index contributed by atoms with van der Waals surface area (Å²) in [4.78, 5) is 16.9. The number of allylic oxidation sites excluding steroid dienone is 4. The Morgan fingerprint density at radius 1 is 1.57 bits per heavy atom. The minimum atomic E-state index is -0.390. The first kappa shape index (κ1) is 17.0. The van der Waals surface area contributed by atoms with Crippen molar-refractivity contribution < 1.29 is 9.63 Å². The number of oxime groups is 1. The van der Waals surface area contributed by atoms with Crippen LogP contribution in [0.25, 0.3) is 0 Å². The van der Waals surface area contributed by atoms with Crippen molar-refractivity contribution in [1.82, 2.24) is 10.3 Å². The summed E-state index contributed by atoms with van der Waals surface area (Å²) in [6.45, 7) is 7.55. The molecule has 0 atom stereocenters. The first-order chi connectivity index (χ1) is 10.0. The summed E-state index contributed by atoms with van der Waals surface area (Å²) in [6.07, 6.45) is 7.90. The Bertz CT molecular complexity index is 474. The number of rotatable bonds is 7. The van der Waals surface area contributed by atoms with E-state index in [1.54, 1.807) is 0 Å². The van der Waals surface area contributed by atoms with Crippen molar-refractivity contribution in [2.75, 3.05) is 13.7 Å². The lowest BCUT2D eigenvalue weighted by Gasteiger charge is -2.18. The van der Waals surface area contributed by atoms with E-state index in [1.807, 2.05) is 25.2 Å². The van der Waals surface area contributed by atoms with Crippen LogP contribution in [-0.2, 0) is 4.84 Å². The first-order valence-electron chi connectivity index (χ1n) is 6.91. The third kappa shape index (κ3) is 5.43. The number of nitrogens with one attached hydrogen (secondary N) is 1. The Kier molecular flexibility index (Phi) is 6.68. The predicted molar refractivity (Wildman–Crippen MR) is 84.3 cm³/mol. The van der Waals surface area contributed by atoms with Crippen molar-refractivity contribution >= 4 is 12.7 Å². The molecule has 1 rings (SSSR count). The topological polar surface area (TPSA) is 80.0 Å². The van der Waals surface area contributed by atoms with Crippen molar-refractivity contribution in [3.8, 4) is 0 Å². The number of nitrogens with zero attached hydrogens (tertiary/aromatic N) is 2. The fourth-order valence-electron chi connectivity index (χ4n) is 1.89. The maximum Gasteiger partial charge on any atom is 0.335 e. The molecule has 1 aliphatic rings. The van der Waals surface area contributed by atoms with Gasteiger partial charge in [-0.25, -0.2) is 10.6 Å². The second-order valence-corrected chi connectivity index (χ2v) is 4.99. The number of amides is 2. The molecule has 0 aromatic heterocycles. The van der Waals surface area contributed by atoms with Gasteiger partial charge in [0.25, 0.3) is 0 Å². The van der Waals surface area contributed by atoms with E-state index in [2.05, 4.69) is 24.1 Å². The van der Waals surface area contributed by atoms with E-state index >= 15 is 0 Å². The molecule has 2 amide bonds. The summed E-state index contributed by atoms with van der Waals surface area (Å²) >= 11 is 0. The second kappa shape index (κ2) is 8.26. The molecule has 6 nitrogen and oxygen atoms in total. The third-order valence-corrected chi connectivity index (χ3v) is 3.31. The van der Waals surface area contributed by atoms with Crippen LogP contribution in [-0.4, -0.2) is 31.4 Å². The van der Waals surface area contributed by atoms with Gasteiger partial charge in [0, 0.05) is 25.0 Å². The lowest BCUT2D eigenvalue weighted by atomic mass is 10.0. The second-order valence-electron chi connectivity index (χ2n) is 4.99. The van der Waals surface area contributed by atoms with E-state index in [0.29, 0.717) is 11.6 Å². The van der Waals surface area contributed by atoms with Gasteiger partial charge in [0.15, 0.2) is 0 Å². The SMILES string of the molecule is C=NOCC(=C(/C)C1CC1)/C(=C\C=C/C)NC(=O)N(C)N. The van der Waals surface area contributed by atoms with E-state index in [-0.39, 0.29) is 6.61 Å². The average Bonchev–Trinajstić information content (AvgIpc) is 3.28. The van der Waals surface area contributed by atoms with E-state index < -0.39 is 6.03 Å². The lowest BCUT2D eigenvalue weighted by molar-refractivity contribution is 0.170. The Hall–Kier alpha value is -2.08. The van der Waals surface area contributed by atoms with Crippen LogP contribution in [0.1, 0.15) is 26.7 Å². The normalized spacial score (nSPS) is 16.5. The molecule has 0 unspecified atom stereocenters. The number of carbonyl (C=O) groups is 1. The van der Waals surface area contributed by atoms with Crippen LogP contribution in [0, 0.1) is 5.92 Å². The van der Waals surface area contributed by atoms with Gasteiger partial charge in [0.05, 0.1) is 0 Å². The molecule has 1 saturated carbocycles. The van der Waals surface area contributed by atoms with E-state index in [0.717, 1.165) is 10.6 Å². The highest BCUT2D eigenvalue weighted by Gasteiger charge is 2.27. The van der Waals surface area contributed by atoms with Gasteiger partial charge in [0.1, 0.15) is 6.61 Å². The molecule has 21 heavy (non-hydrogen) atoms. The van der Waals surface area contributed by atoms with Gasteiger partial charge in [0.2, 0.25) is 0 Å². The lowest BCUT2D eigenvalue weighted by Crippen LogP contribution is -2.41. The van der Waals surface area contributed by atoms with Crippen LogP contribution in [0.15, 0.2) is 40.2 Å². The molecular formula is C15H24N4O2. The molecule has 3 N–H and O–H groups in total. The number of carbonyl (C=O) groups excluding carboxylic acids is 1. The molecule has 116 valence electrons. The van der Waals surface area contributed by atoms with Crippen LogP contribution >= 0.6 is 0 Å². The maximum absolute atomic E-state index is 11.8. The largest absolute Gasteiger partial charge is 0.391 e. The van der Waals surface area contributed by atoms with E-state index in [1.165, 1.54) is 25.5 Å². The van der Waals surface area contributed by atoms with E-state index in [4.69, 9.17) is 10.7 Å². The number of nitrogens with two attached hydrogens (primary N) is 1. The Balaban J connectivity index is 3.07. The minimum absolute atomic E-state index is 0.268. The van der Waals surface area contributed by atoms with Gasteiger partial charge in [-0.1, -0.05) is 17.7 Å². The smallest absolute Gasteiger partial charge is 0.335 e. The molecule has 0 aliphatic heterocycles. The van der Waals surface area contributed by atoms with Crippen molar-refractivity contribution in [2.45, 2.75) is 26.7 Å². The minimum Gasteiger partial charge on any atom is -0.391 e. The fraction of sp³-hybridized carbons (Fsp3) is 0.467. The Labute approximate surface area is 126 Å². The summed E-state index contributed by atoms with van der Waals surface area (Å²) in [6, 6.07) is -0.390. The predicted octanol–water partition coefficient (Wildman–Crippen LogP) is 2.32. The van der Waals surface area contributed by atoms with Crippen LogP contribution in [0.3, 0.4) is 0 Å².